The second kappa shape index (κ2) is 5.12. The van der Waals surface area contributed by atoms with E-state index in [1.54, 1.807) is 7.11 Å². The van der Waals surface area contributed by atoms with Crippen LogP contribution in [0.15, 0.2) is 0 Å². The first-order valence-electron chi connectivity index (χ1n) is 5.47. The lowest BCUT2D eigenvalue weighted by atomic mass is 10.0. The van der Waals surface area contributed by atoms with Gasteiger partial charge in [-0.1, -0.05) is 0 Å². The second-order valence-electron chi connectivity index (χ2n) is 4.95. The summed E-state index contributed by atoms with van der Waals surface area (Å²) in [6, 6.07) is 0. The highest BCUT2D eigenvalue weighted by Gasteiger charge is 2.44. The molecule has 16 heavy (non-hydrogen) atoms. The second-order valence-corrected chi connectivity index (χ2v) is 4.95. The topological polar surface area (TPSA) is 56.8 Å². The third kappa shape index (κ3) is 3.43. The van der Waals surface area contributed by atoms with Gasteiger partial charge in [0.15, 0.2) is 0 Å². The Bertz CT molecular complexity index is 235. The maximum absolute atomic E-state index is 12.1. The van der Waals surface area contributed by atoms with Crippen molar-refractivity contribution < 1.29 is 19.0 Å². The first kappa shape index (κ1) is 13.4. The summed E-state index contributed by atoms with van der Waals surface area (Å²) in [6.07, 6.45) is 0. The fraction of sp³-hybridized carbons (Fsp3) is 0.909. The number of ether oxygens (including phenoxy) is 3. The van der Waals surface area contributed by atoms with Crippen LogP contribution in [0.2, 0.25) is 0 Å². The number of methoxy groups -OCH3 is 1. The molecule has 0 aromatic rings. The van der Waals surface area contributed by atoms with E-state index >= 15 is 0 Å². The smallest absolute Gasteiger partial charge is 0.342 e. The van der Waals surface area contributed by atoms with Crippen LogP contribution in [0.1, 0.15) is 20.8 Å². The van der Waals surface area contributed by atoms with Crippen molar-refractivity contribution in [2.24, 2.45) is 0 Å². The Morgan fingerprint density at radius 2 is 2.19 bits per heavy atom. The lowest BCUT2D eigenvalue weighted by Gasteiger charge is -2.36. The van der Waals surface area contributed by atoms with Crippen LogP contribution >= 0.6 is 0 Å². The van der Waals surface area contributed by atoms with Crippen LogP contribution < -0.4 is 5.32 Å². The van der Waals surface area contributed by atoms with Crippen LogP contribution in [0.3, 0.4) is 0 Å². The highest BCUT2D eigenvalue weighted by Crippen LogP contribution is 2.20. The van der Waals surface area contributed by atoms with E-state index in [2.05, 4.69) is 5.32 Å². The molecule has 1 unspecified atom stereocenters. The number of rotatable bonds is 3. The Labute approximate surface area is 96.4 Å². The number of hydrogen-bond acceptors (Lipinski definition) is 5. The van der Waals surface area contributed by atoms with Crippen LogP contribution in [0.4, 0.5) is 0 Å². The molecule has 0 aromatic heterocycles. The zero-order valence-corrected chi connectivity index (χ0v) is 10.5. The van der Waals surface area contributed by atoms with Crippen molar-refractivity contribution in [1.29, 1.82) is 0 Å². The van der Waals surface area contributed by atoms with Crippen molar-refractivity contribution in [3.05, 3.63) is 0 Å². The maximum Gasteiger partial charge on any atom is 0.342 e. The van der Waals surface area contributed by atoms with Crippen LogP contribution in [0.25, 0.3) is 0 Å². The van der Waals surface area contributed by atoms with Gasteiger partial charge >= 0.3 is 5.97 Å². The van der Waals surface area contributed by atoms with Crippen LogP contribution in [0.5, 0.6) is 0 Å². The molecule has 0 spiro atoms. The fourth-order valence-corrected chi connectivity index (χ4v) is 1.55. The number of carbonyl (C=O) groups excluding carboxylic acids is 1. The molecule has 0 bridgehead atoms. The van der Waals surface area contributed by atoms with Crippen molar-refractivity contribution in [2.45, 2.75) is 32.0 Å². The summed E-state index contributed by atoms with van der Waals surface area (Å²) in [5, 5.41) is 3.12. The molecular weight excluding hydrogens is 210 g/mol. The van der Waals surface area contributed by atoms with E-state index in [9.17, 15) is 4.79 Å². The Balaban J connectivity index is 2.72. The molecule has 0 amide bonds. The highest BCUT2D eigenvalue weighted by atomic mass is 16.6. The number of esters is 1. The SMILES string of the molecule is COCC1(C(=O)OC(C)(C)C)CNCCO1. The molecule has 0 aromatic carbocycles. The van der Waals surface area contributed by atoms with Crippen LogP contribution in [-0.4, -0.2) is 50.6 Å². The molecule has 1 N–H and O–H groups in total. The molecule has 94 valence electrons. The summed E-state index contributed by atoms with van der Waals surface area (Å²) in [4.78, 5) is 12.1. The van der Waals surface area contributed by atoms with Gasteiger partial charge in [0.25, 0.3) is 0 Å². The molecule has 0 radical (unpaired) electrons. The van der Waals surface area contributed by atoms with Gasteiger partial charge in [-0.3, -0.25) is 0 Å². The summed E-state index contributed by atoms with van der Waals surface area (Å²) in [7, 11) is 1.55. The van der Waals surface area contributed by atoms with Gasteiger partial charge in [0, 0.05) is 20.2 Å². The van der Waals surface area contributed by atoms with Gasteiger partial charge in [0.05, 0.1) is 13.2 Å². The minimum Gasteiger partial charge on any atom is -0.458 e. The van der Waals surface area contributed by atoms with E-state index in [1.165, 1.54) is 0 Å². The zero-order chi connectivity index (χ0) is 12.2. The van der Waals surface area contributed by atoms with Crippen molar-refractivity contribution in [1.82, 2.24) is 5.32 Å². The van der Waals surface area contributed by atoms with Crippen LogP contribution in [0, 0.1) is 0 Å². The van der Waals surface area contributed by atoms with Crippen molar-refractivity contribution in [2.75, 3.05) is 33.4 Å². The van der Waals surface area contributed by atoms with Crippen LogP contribution in [-0.2, 0) is 19.0 Å². The minimum atomic E-state index is -1.000. The van der Waals surface area contributed by atoms with Gasteiger partial charge in [-0.15, -0.1) is 0 Å². The van der Waals surface area contributed by atoms with E-state index in [0.717, 1.165) is 6.54 Å². The summed E-state index contributed by atoms with van der Waals surface area (Å²) in [5.41, 5.74) is -1.51. The number of hydrogen-bond donors (Lipinski definition) is 1. The zero-order valence-electron chi connectivity index (χ0n) is 10.5. The van der Waals surface area contributed by atoms with E-state index in [1.807, 2.05) is 20.8 Å². The van der Waals surface area contributed by atoms with Crippen molar-refractivity contribution in [3.63, 3.8) is 0 Å². The molecule has 1 rings (SSSR count). The van der Waals surface area contributed by atoms with Gasteiger partial charge < -0.3 is 19.5 Å². The van der Waals surface area contributed by atoms with E-state index < -0.39 is 11.2 Å². The average molecular weight is 231 g/mol. The predicted molar refractivity (Wildman–Crippen MR) is 59.3 cm³/mol. The first-order chi connectivity index (χ1) is 7.40. The third-order valence-electron chi connectivity index (χ3n) is 2.22. The molecule has 5 nitrogen and oxygen atoms in total. The molecular formula is C11H21NO4. The molecule has 1 atom stereocenters. The molecule has 0 saturated carbocycles. The fourth-order valence-electron chi connectivity index (χ4n) is 1.55. The van der Waals surface area contributed by atoms with Gasteiger partial charge in [0.2, 0.25) is 5.60 Å². The van der Waals surface area contributed by atoms with Gasteiger partial charge in [-0.05, 0) is 20.8 Å². The summed E-state index contributed by atoms with van der Waals surface area (Å²) < 4.78 is 16.0. The number of nitrogens with one attached hydrogen (secondary N) is 1. The molecule has 1 aliphatic heterocycles. The minimum absolute atomic E-state index is 0.203. The largest absolute Gasteiger partial charge is 0.458 e. The maximum atomic E-state index is 12.1. The lowest BCUT2D eigenvalue weighted by Crippen LogP contribution is -2.59. The van der Waals surface area contributed by atoms with E-state index in [0.29, 0.717) is 13.2 Å². The summed E-state index contributed by atoms with van der Waals surface area (Å²) >= 11 is 0. The lowest BCUT2D eigenvalue weighted by molar-refractivity contribution is -0.194. The van der Waals surface area contributed by atoms with Gasteiger partial charge in [-0.2, -0.15) is 0 Å². The normalized spacial score (nSPS) is 26.5. The summed E-state index contributed by atoms with van der Waals surface area (Å²) in [5.74, 6) is -0.367. The van der Waals surface area contributed by atoms with E-state index in [-0.39, 0.29) is 12.6 Å². The highest BCUT2D eigenvalue weighted by molar-refractivity contribution is 5.80. The Morgan fingerprint density at radius 3 is 2.62 bits per heavy atom. The monoisotopic (exact) mass is 231 g/mol. The number of morpholine rings is 1. The quantitative estimate of drug-likeness (QED) is 0.709. The van der Waals surface area contributed by atoms with E-state index in [4.69, 9.17) is 14.2 Å². The third-order valence-corrected chi connectivity index (χ3v) is 2.22. The van der Waals surface area contributed by atoms with Gasteiger partial charge in [-0.25, -0.2) is 4.79 Å². The molecule has 1 aliphatic rings. The molecule has 5 heteroatoms. The summed E-state index contributed by atoms with van der Waals surface area (Å²) in [6.45, 7) is 7.37. The Hall–Kier alpha value is -0.650. The Morgan fingerprint density at radius 1 is 1.50 bits per heavy atom. The van der Waals surface area contributed by atoms with Crippen molar-refractivity contribution in [3.8, 4) is 0 Å². The molecule has 1 saturated heterocycles. The number of carbonyl (C=O) groups is 1. The molecule has 1 fully saturated rings. The average Bonchev–Trinajstić information content (AvgIpc) is 2.17. The van der Waals surface area contributed by atoms with Crippen molar-refractivity contribution >= 4 is 5.97 Å². The molecule has 0 aliphatic carbocycles. The molecule has 1 heterocycles. The predicted octanol–water partition coefficient (Wildman–Crippen LogP) is 0.333. The first-order valence-corrected chi connectivity index (χ1v) is 5.47. The van der Waals surface area contributed by atoms with Gasteiger partial charge in [0.1, 0.15) is 5.60 Å². The Kier molecular flexibility index (Phi) is 4.29. The standard InChI is InChI=1S/C11H21NO4/c1-10(2,3)16-9(13)11(8-14-4)7-12-5-6-15-11/h12H,5-8H2,1-4H3.